The minimum absolute atomic E-state index is 0.00881. The van der Waals surface area contributed by atoms with E-state index in [1.54, 1.807) is 0 Å². The molecule has 0 radical (unpaired) electrons. The summed E-state index contributed by atoms with van der Waals surface area (Å²) in [6.45, 7) is 8.31. The molecule has 5 nitrogen and oxygen atoms in total. The first kappa shape index (κ1) is 18.1. The lowest BCUT2D eigenvalue weighted by atomic mass is 9.74. The van der Waals surface area contributed by atoms with Gasteiger partial charge in [-0.25, -0.2) is 17.8 Å². The maximum Gasteiger partial charge on any atom is 0.212 e. The van der Waals surface area contributed by atoms with Gasteiger partial charge in [0.05, 0.1) is 23.7 Å². The van der Waals surface area contributed by atoms with E-state index >= 15 is 0 Å². The van der Waals surface area contributed by atoms with E-state index in [0.717, 1.165) is 29.8 Å². The third kappa shape index (κ3) is 3.96. The van der Waals surface area contributed by atoms with E-state index in [1.165, 1.54) is 5.56 Å². The molecule has 3 rings (SSSR count). The maximum atomic E-state index is 12.3. The van der Waals surface area contributed by atoms with Crippen LogP contribution in [0.15, 0.2) is 30.5 Å². The monoisotopic (exact) mass is 361 g/mol. The average Bonchev–Trinajstić information content (AvgIpc) is 2.90. The molecule has 2 aromatic rings. The fourth-order valence-electron chi connectivity index (χ4n) is 3.60. The fourth-order valence-corrected chi connectivity index (χ4v) is 4.90. The second kappa shape index (κ2) is 6.57. The van der Waals surface area contributed by atoms with Crippen LogP contribution in [0, 0.1) is 12.3 Å². The van der Waals surface area contributed by atoms with Gasteiger partial charge in [-0.05, 0) is 43.7 Å². The van der Waals surface area contributed by atoms with Gasteiger partial charge >= 0.3 is 0 Å². The molecule has 1 N–H and O–H groups in total. The lowest BCUT2D eigenvalue weighted by Gasteiger charge is -2.35. The van der Waals surface area contributed by atoms with Gasteiger partial charge in [-0.2, -0.15) is 5.10 Å². The molecular weight excluding hydrogens is 334 g/mol. The molecule has 1 heterocycles. The first-order valence-corrected chi connectivity index (χ1v) is 10.5. The van der Waals surface area contributed by atoms with E-state index in [-0.39, 0.29) is 17.2 Å². The molecule has 136 valence electrons. The molecule has 1 unspecified atom stereocenters. The predicted molar refractivity (Wildman–Crippen MR) is 100 cm³/mol. The molecule has 1 aromatic heterocycles. The summed E-state index contributed by atoms with van der Waals surface area (Å²) < 4.78 is 29.4. The Hall–Kier alpha value is -1.66. The highest BCUT2D eigenvalue weighted by Gasteiger charge is 2.36. The molecule has 0 fully saturated rings. The summed E-state index contributed by atoms with van der Waals surface area (Å²) in [4.78, 5) is 0. The number of hydrogen-bond donors (Lipinski definition) is 1. The standard InChI is InChI=1S/C19H27N3O2S/c1-5-10-25(23,24)21-17-11-19(3,4)12-18-16(17)13-20-22(18)15-8-6-14(2)7-9-15/h6-9,13,17,21H,5,10-12H2,1-4H3. The van der Waals surface area contributed by atoms with Crippen molar-refractivity contribution in [3.05, 3.63) is 47.3 Å². The number of aryl methyl sites for hydroxylation is 1. The van der Waals surface area contributed by atoms with E-state index in [1.807, 2.05) is 17.8 Å². The van der Waals surface area contributed by atoms with Gasteiger partial charge in [0, 0.05) is 11.3 Å². The van der Waals surface area contributed by atoms with E-state index in [2.05, 4.69) is 54.9 Å². The van der Waals surface area contributed by atoms with Crippen LogP contribution in [0.4, 0.5) is 0 Å². The molecule has 1 atom stereocenters. The number of fused-ring (bicyclic) bond motifs is 1. The van der Waals surface area contributed by atoms with Crippen molar-refractivity contribution < 1.29 is 8.42 Å². The highest BCUT2D eigenvalue weighted by atomic mass is 32.2. The van der Waals surface area contributed by atoms with E-state index in [0.29, 0.717) is 6.42 Å². The third-order valence-electron chi connectivity index (χ3n) is 4.75. The van der Waals surface area contributed by atoms with Gasteiger partial charge in [0.15, 0.2) is 0 Å². The molecule has 6 heteroatoms. The highest BCUT2D eigenvalue weighted by Crippen LogP contribution is 2.41. The summed E-state index contributed by atoms with van der Waals surface area (Å²) in [7, 11) is -3.27. The van der Waals surface area contributed by atoms with Crippen molar-refractivity contribution in [2.24, 2.45) is 5.41 Å². The zero-order valence-corrected chi connectivity index (χ0v) is 16.2. The Balaban J connectivity index is 2.00. The van der Waals surface area contributed by atoms with Crippen LogP contribution < -0.4 is 4.72 Å². The van der Waals surface area contributed by atoms with E-state index in [4.69, 9.17) is 0 Å². The predicted octanol–water partition coefficient (Wildman–Crippen LogP) is 3.52. The Morgan fingerprint density at radius 2 is 1.96 bits per heavy atom. The minimum Gasteiger partial charge on any atom is -0.237 e. The molecule has 0 aliphatic heterocycles. The Morgan fingerprint density at radius 3 is 2.60 bits per heavy atom. The van der Waals surface area contributed by atoms with Crippen molar-refractivity contribution in [2.75, 3.05) is 5.75 Å². The molecule has 1 aromatic carbocycles. The minimum atomic E-state index is -3.27. The van der Waals surface area contributed by atoms with Gasteiger partial charge in [0.25, 0.3) is 0 Å². The fraction of sp³-hybridized carbons (Fsp3) is 0.526. The first-order valence-electron chi connectivity index (χ1n) is 8.84. The number of hydrogen-bond acceptors (Lipinski definition) is 3. The normalized spacial score (nSPS) is 19.6. The highest BCUT2D eigenvalue weighted by molar-refractivity contribution is 7.89. The van der Waals surface area contributed by atoms with Crippen LogP contribution in [0.1, 0.15) is 56.5 Å². The molecule has 0 spiro atoms. The zero-order chi connectivity index (χ0) is 18.2. The lowest BCUT2D eigenvalue weighted by Crippen LogP contribution is -2.37. The Morgan fingerprint density at radius 1 is 1.28 bits per heavy atom. The average molecular weight is 362 g/mol. The van der Waals surface area contributed by atoms with Gasteiger partial charge < -0.3 is 0 Å². The number of nitrogens with one attached hydrogen (secondary N) is 1. The first-order chi connectivity index (χ1) is 11.7. The molecule has 0 amide bonds. The van der Waals surface area contributed by atoms with Crippen LogP contribution in [0.5, 0.6) is 0 Å². The summed E-state index contributed by atoms with van der Waals surface area (Å²) in [5.74, 6) is 0.158. The van der Waals surface area contributed by atoms with Crippen molar-refractivity contribution in [3.8, 4) is 5.69 Å². The van der Waals surface area contributed by atoms with Crippen molar-refractivity contribution in [2.45, 2.75) is 53.0 Å². The van der Waals surface area contributed by atoms with Crippen LogP contribution >= 0.6 is 0 Å². The topological polar surface area (TPSA) is 64.0 Å². The van der Waals surface area contributed by atoms with Gasteiger partial charge in [-0.1, -0.05) is 38.5 Å². The van der Waals surface area contributed by atoms with Crippen LogP contribution in [0.3, 0.4) is 0 Å². The maximum absolute atomic E-state index is 12.3. The van der Waals surface area contributed by atoms with Crippen LogP contribution in [-0.4, -0.2) is 24.0 Å². The number of benzene rings is 1. The van der Waals surface area contributed by atoms with Crippen LogP contribution in [-0.2, 0) is 16.4 Å². The summed E-state index contributed by atoms with van der Waals surface area (Å²) >= 11 is 0. The van der Waals surface area contributed by atoms with Crippen LogP contribution in [0.25, 0.3) is 5.69 Å². The largest absolute Gasteiger partial charge is 0.237 e. The second-order valence-electron chi connectivity index (χ2n) is 7.83. The van der Waals surface area contributed by atoms with Gasteiger partial charge in [0.2, 0.25) is 10.0 Å². The Labute approximate surface area is 150 Å². The number of rotatable bonds is 5. The molecule has 0 bridgehead atoms. The van der Waals surface area contributed by atoms with Crippen molar-refractivity contribution in [1.29, 1.82) is 0 Å². The molecule has 1 aliphatic rings. The molecule has 0 saturated heterocycles. The molecule has 1 aliphatic carbocycles. The summed E-state index contributed by atoms with van der Waals surface area (Å²) in [5.41, 5.74) is 4.33. The van der Waals surface area contributed by atoms with Crippen LogP contribution in [0.2, 0.25) is 0 Å². The van der Waals surface area contributed by atoms with Gasteiger partial charge in [0.1, 0.15) is 0 Å². The Kier molecular flexibility index (Phi) is 4.77. The third-order valence-corrected chi connectivity index (χ3v) is 6.34. The van der Waals surface area contributed by atoms with Gasteiger partial charge in [-0.3, -0.25) is 0 Å². The molecule has 25 heavy (non-hydrogen) atoms. The number of nitrogens with zero attached hydrogens (tertiary/aromatic N) is 2. The summed E-state index contributed by atoms with van der Waals surface area (Å²) in [6, 6.07) is 8.04. The summed E-state index contributed by atoms with van der Waals surface area (Å²) in [6.07, 6.45) is 4.09. The second-order valence-corrected chi connectivity index (χ2v) is 9.70. The smallest absolute Gasteiger partial charge is 0.212 e. The molecular formula is C19H27N3O2S. The van der Waals surface area contributed by atoms with Gasteiger partial charge in [-0.15, -0.1) is 0 Å². The summed E-state index contributed by atoms with van der Waals surface area (Å²) in [5, 5.41) is 4.57. The quantitative estimate of drug-likeness (QED) is 0.886. The van der Waals surface area contributed by atoms with E-state index < -0.39 is 10.0 Å². The SMILES string of the molecule is CCCS(=O)(=O)NC1CC(C)(C)Cc2c1cnn2-c1ccc(C)cc1. The number of sulfonamides is 1. The lowest BCUT2D eigenvalue weighted by molar-refractivity contribution is 0.268. The number of aromatic nitrogens is 2. The Bertz CT molecular complexity index is 851. The zero-order valence-electron chi connectivity index (χ0n) is 15.4. The van der Waals surface area contributed by atoms with Crippen molar-refractivity contribution in [1.82, 2.24) is 14.5 Å². The van der Waals surface area contributed by atoms with Crippen molar-refractivity contribution in [3.63, 3.8) is 0 Å². The van der Waals surface area contributed by atoms with E-state index in [9.17, 15) is 8.42 Å². The van der Waals surface area contributed by atoms with Crippen molar-refractivity contribution >= 4 is 10.0 Å². The molecule has 0 saturated carbocycles.